The number of sulfonamides is 1. The van der Waals surface area contributed by atoms with Crippen LogP contribution in [0.2, 0.25) is 0 Å². The molecule has 0 amide bonds. The van der Waals surface area contributed by atoms with Gasteiger partial charge in [0.15, 0.2) is 5.03 Å². The predicted molar refractivity (Wildman–Crippen MR) is 68.5 cm³/mol. The number of esters is 1. The molecule has 0 spiro atoms. The number of aliphatic hydroxyl groups excluding tert-OH is 1. The van der Waals surface area contributed by atoms with Gasteiger partial charge in [-0.05, 0) is 19.8 Å². The first-order chi connectivity index (χ1) is 9.52. The van der Waals surface area contributed by atoms with Crippen LogP contribution in [-0.4, -0.2) is 59.8 Å². The number of nitrogens with zero attached hydrogens (tertiary/aromatic N) is 2. The molecule has 1 saturated carbocycles. The lowest BCUT2D eigenvalue weighted by Crippen LogP contribution is -2.36. The Kier molecular flexibility index (Phi) is 4.41. The molecule has 0 aliphatic heterocycles. The summed E-state index contributed by atoms with van der Waals surface area (Å²) >= 11 is 0. The van der Waals surface area contributed by atoms with E-state index in [2.05, 4.69) is 10.2 Å². The Morgan fingerprint density at radius 1 is 1.60 bits per heavy atom. The number of H-pyrrole nitrogens is 1. The van der Waals surface area contributed by atoms with Gasteiger partial charge in [0.2, 0.25) is 0 Å². The minimum absolute atomic E-state index is 0.00567. The monoisotopic (exact) mass is 303 g/mol. The van der Waals surface area contributed by atoms with Crippen molar-refractivity contribution in [1.82, 2.24) is 14.5 Å². The van der Waals surface area contributed by atoms with Crippen LogP contribution in [0.25, 0.3) is 0 Å². The van der Waals surface area contributed by atoms with Crippen molar-refractivity contribution in [1.29, 1.82) is 0 Å². The first-order valence-electron chi connectivity index (χ1n) is 6.35. The summed E-state index contributed by atoms with van der Waals surface area (Å²) in [5.41, 5.74) is -0.115. The van der Waals surface area contributed by atoms with E-state index in [-0.39, 0.29) is 36.4 Å². The molecule has 1 heterocycles. The number of aliphatic hydroxyl groups is 1. The van der Waals surface area contributed by atoms with Crippen molar-refractivity contribution in [2.24, 2.45) is 0 Å². The predicted octanol–water partition coefficient (Wildman–Crippen LogP) is -0.268. The summed E-state index contributed by atoms with van der Waals surface area (Å²) in [5.74, 6) is -0.737. The Morgan fingerprint density at radius 2 is 2.30 bits per heavy atom. The van der Waals surface area contributed by atoms with E-state index in [1.165, 1.54) is 4.31 Å². The molecule has 1 aliphatic carbocycles. The van der Waals surface area contributed by atoms with E-state index in [0.717, 1.165) is 19.0 Å². The van der Waals surface area contributed by atoms with Gasteiger partial charge in [0, 0.05) is 12.6 Å². The molecular formula is C11H17N3O5S. The maximum absolute atomic E-state index is 12.5. The second-order valence-corrected chi connectivity index (χ2v) is 6.23. The van der Waals surface area contributed by atoms with Crippen LogP contribution in [0, 0.1) is 0 Å². The van der Waals surface area contributed by atoms with Crippen LogP contribution in [0.15, 0.2) is 11.2 Å². The van der Waals surface area contributed by atoms with Gasteiger partial charge in [0.1, 0.15) is 5.56 Å². The molecule has 2 N–H and O–H groups in total. The Labute approximate surface area is 116 Å². The molecule has 1 aromatic heterocycles. The Bertz CT molecular complexity index is 579. The second kappa shape index (κ2) is 5.90. The summed E-state index contributed by atoms with van der Waals surface area (Å²) in [4.78, 5) is 11.7. The first kappa shape index (κ1) is 14.9. The third kappa shape index (κ3) is 2.84. The van der Waals surface area contributed by atoms with E-state index in [9.17, 15) is 13.2 Å². The molecule has 0 bridgehead atoms. The zero-order chi connectivity index (χ0) is 14.8. The number of nitrogens with one attached hydrogen (secondary N) is 1. The van der Waals surface area contributed by atoms with Gasteiger partial charge in [-0.3, -0.25) is 5.10 Å². The van der Waals surface area contributed by atoms with Crippen LogP contribution in [0.4, 0.5) is 0 Å². The molecule has 20 heavy (non-hydrogen) atoms. The fourth-order valence-corrected chi connectivity index (χ4v) is 3.64. The fourth-order valence-electron chi connectivity index (χ4n) is 1.90. The number of aromatic nitrogens is 2. The van der Waals surface area contributed by atoms with Crippen LogP contribution in [0.1, 0.15) is 30.1 Å². The number of hydrogen-bond donors (Lipinski definition) is 2. The van der Waals surface area contributed by atoms with Crippen molar-refractivity contribution >= 4 is 16.0 Å². The normalized spacial score (nSPS) is 15.6. The smallest absolute Gasteiger partial charge is 0.342 e. The van der Waals surface area contributed by atoms with Crippen molar-refractivity contribution in [3.8, 4) is 0 Å². The zero-order valence-electron chi connectivity index (χ0n) is 11.1. The molecule has 0 unspecified atom stereocenters. The third-order valence-corrected chi connectivity index (χ3v) is 4.87. The molecular weight excluding hydrogens is 286 g/mol. The van der Waals surface area contributed by atoms with E-state index in [4.69, 9.17) is 9.84 Å². The van der Waals surface area contributed by atoms with Crippen LogP contribution < -0.4 is 0 Å². The lowest BCUT2D eigenvalue weighted by molar-refractivity contribution is 0.0521. The summed E-state index contributed by atoms with van der Waals surface area (Å²) in [7, 11) is -3.90. The molecule has 0 saturated heterocycles. The van der Waals surface area contributed by atoms with Crippen molar-refractivity contribution < 1.29 is 23.1 Å². The van der Waals surface area contributed by atoms with Gasteiger partial charge in [0.05, 0.1) is 19.4 Å². The van der Waals surface area contributed by atoms with Gasteiger partial charge >= 0.3 is 5.97 Å². The van der Waals surface area contributed by atoms with E-state index >= 15 is 0 Å². The first-order valence-corrected chi connectivity index (χ1v) is 7.79. The maximum Gasteiger partial charge on any atom is 0.342 e. The Hall–Kier alpha value is -1.45. The zero-order valence-corrected chi connectivity index (χ0v) is 11.9. The van der Waals surface area contributed by atoms with Crippen LogP contribution in [-0.2, 0) is 14.8 Å². The number of rotatable bonds is 7. The van der Waals surface area contributed by atoms with Gasteiger partial charge in [-0.15, -0.1) is 0 Å². The Morgan fingerprint density at radius 3 is 2.85 bits per heavy atom. The molecule has 0 atom stereocenters. The fraction of sp³-hybridized carbons (Fsp3) is 0.636. The van der Waals surface area contributed by atoms with E-state index in [1.54, 1.807) is 6.92 Å². The van der Waals surface area contributed by atoms with Crippen LogP contribution in [0.3, 0.4) is 0 Å². The molecule has 1 aliphatic rings. The van der Waals surface area contributed by atoms with Gasteiger partial charge in [-0.25, -0.2) is 13.2 Å². The molecule has 0 radical (unpaired) electrons. The SMILES string of the molecule is CCOC(=O)c1cn[nH]c1S(=O)(=O)N(CCO)C1CC1. The summed E-state index contributed by atoms with van der Waals surface area (Å²) < 4.78 is 31.1. The highest BCUT2D eigenvalue weighted by Gasteiger charge is 2.40. The number of carbonyl (C=O) groups is 1. The van der Waals surface area contributed by atoms with Crippen molar-refractivity contribution in [2.45, 2.75) is 30.8 Å². The largest absolute Gasteiger partial charge is 0.462 e. The minimum atomic E-state index is -3.90. The minimum Gasteiger partial charge on any atom is -0.462 e. The average Bonchev–Trinajstić information content (AvgIpc) is 3.10. The second-order valence-electron chi connectivity index (χ2n) is 4.40. The van der Waals surface area contributed by atoms with Gasteiger partial charge in [-0.1, -0.05) is 0 Å². The molecule has 8 nitrogen and oxygen atoms in total. The average molecular weight is 303 g/mol. The highest BCUT2D eigenvalue weighted by molar-refractivity contribution is 7.89. The topological polar surface area (TPSA) is 113 Å². The van der Waals surface area contributed by atoms with Crippen molar-refractivity contribution in [3.63, 3.8) is 0 Å². The summed E-state index contributed by atoms with van der Waals surface area (Å²) in [6, 6.07) is -0.120. The molecule has 0 aromatic carbocycles. The lowest BCUT2D eigenvalue weighted by atomic mass is 10.4. The van der Waals surface area contributed by atoms with E-state index in [0.29, 0.717) is 0 Å². The van der Waals surface area contributed by atoms with Crippen molar-refractivity contribution in [3.05, 3.63) is 11.8 Å². The molecule has 1 fully saturated rings. The van der Waals surface area contributed by atoms with E-state index < -0.39 is 16.0 Å². The number of aromatic amines is 1. The van der Waals surface area contributed by atoms with Gasteiger partial charge in [-0.2, -0.15) is 9.40 Å². The highest BCUT2D eigenvalue weighted by atomic mass is 32.2. The lowest BCUT2D eigenvalue weighted by Gasteiger charge is -2.20. The number of ether oxygens (including phenoxy) is 1. The van der Waals surface area contributed by atoms with Gasteiger partial charge < -0.3 is 9.84 Å². The molecule has 2 rings (SSSR count). The quantitative estimate of drug-likeness (QED) is 0.671. The maximum atomic E-state index is 12.5. The summed E-state index contributed by atoms with van der Waals surface area (Å²) in [5, 5.41) is 14.7. The number of carbonyl (C=O) groups excluding carboxylic acids is 1. The Balaban J connectivity index is 2.34. The molecule has 9 heteroatoms. The van der Waals surface area contributed by atoms with Crippen molar-refractivity contribution in [2.75, 3.05) is 19.8 Å². The highest BCUT2D eigenvalue weighted by Crippen LogP contribution is 2.32. The summed E-state index contributed by atoms with van der Waals surface area (Å²) in [6.07, 6.45) is 2.64. The van der Waals surface area contributed by atoms with E-state index in [1.807, 2.05) is 0 Å². The summed E-state index contributed by atoms with van der Waals surface area (Å²) in [6.45, 7) is 1.49. The number of hydrogen-bond acceptors (Lipinski definition) is 6. The third-order valence-electron chi connectivity index (χ3n) is 2.94. The van der Waals surface area contributed by atoms with Crippen LogP contribution >= 0.6 is 0 Å². The van der Waals surface area contributed by atoms with Gasteiger partial charge in [0.25, 0.3) is 10.0 Å². The molecule has 112 valence electrons. The van der Waals surface area contributed by atoms with Crippen LogP contribution in [0.5, 0.6) is 0 Å². The standard InChI is InChI=1S/C11H17N3O5S/c1-2-19-11(16)9-7-12-13-10(9)20(17,18)14(5-6-15)8-3-4-8/h7-8,15H,2-6H2,1H3,(H,12,13). The molecule has 1 aromatic rings.